The molecule has 8 atom stereocenters. The van der Waals surface area contributed by atoms with Crippen molar-refractivity contribution in [3.8, 4) is 11.5 Å². The summed E-state index contributed by atoms with van der Waals surface area (Å²) in [5, 5.41) is 12.1. The van der Waals surface area contributed by atoms with Gasteiger partial charge in [-0.15, -0.1) is 0 Å². The van der Waals surface area contributed by atoms with Gasteiger partial charge in [0, 0.05) is 42.4 Å². The molecule has 2 aliphatic heterocycles. The van der Waals surface area contributed by atoms with E-state index in [0.29, 0.717) is 33.5 Å². The van der Waals surface area contributed by atoms with E-state index in [9.17, 15) is 28.0 Å². The van der Waals surface area contributed by atoms with Gasteiger partial charge in [0.25, 0.3) is 0 Å². The van der Waals surface area contributed by atoms with Crippen LogP contribution in [0.25, 0.3) is 33.5 Å². The summed E-state index contributed by atoms with van der Waals surface area (Å²) in [7, 11) is 3.28. The average Bonchev–Trinajstić information content (AvgIpc) is 3.57. The number of fused-ring (bicyclic) bond motifs is 2. The number of benzene rings is 2. The van der Waals surface area contributed by atoms with Gasteiger partial charge in [-0.2, -0.15) is 0 Å². The van der Waals surface area contributed by atoms with Gasteiger partial charge in [-0.25, -0.2) is 22.5 Å². The Morgan fingerprint density at radius 2 is 1.43 bits per heavy atom. The van der Waals surface area contributed by atoms with Crippen molar-refractivity contribution in [2.75, 3.05) is 27.2 Å². The van der Waals surface area contributed by atoms with Gasteiger partial charge in [0.15, 0.2) is 5.82 Å². The Kier molecular flexibility index (Phi) is 12.6. The number of aromatic nitrogens is 3. The van der Waals surface area contributed by atoms with Crippen LogP contribution < -0.4 is 21.3 Å². The molecule has 3 fully saturated rings. The van der Waals surface area contributed by atoms with E-state index in [4.69, 9.17) is 4.98 Å². The number of hydrogen-bond donors (Lipinski definition) is 5. The van der Waals surface area contributed by atoms with Gasteiger partial charge in [-0.1, -0.05) is 20.8 Å². The van der Waals surface area contributed by atoms with Gasteiger partial charge in [0.05, 0.1) is 47.9 Å². The third-order valence-electron chi connectivity index (χ3n) is 12.6. The molecule has 4 amide bonds. The first-order valence-corrected chi connectivity index (χ1v) is 21.2. The summed E-state index contributed by atoms with van der Waals surface area (Å²) in [6.45, 7) is 8.50. The van der Waals surface area contributed by atoms with Crippen molar-refractivity contribution >= 4 is 45.6 Å². The standard InChI is InChI=1S/C44H57F4N9O4/c1-22(49-6)40(58)53-36(24-8-9-24)42(60)55-19-27(47)14-29(55)18-32-31-12-10-25(45)16-33(31)51-37(32)39-52-34-17-26(46)11-13-35(34)57(39)21-30-15-28(48)20-56(30)43(61)38(44(3,4)5)54-41(59)23(2)50-7/h10-13,16-17,22-24,27-30,36,38,49-51H,8-9,14-15,18-21H2,1-7H3,(H,53,58)(H,54,59)/t22-,23-,27-,28-,29-,30-,36-,38+/m0/s1. The minimum atomic E-state index is -1.37. The van der Waals surface area contributed by atoms with Gasteiger partial charge in [0.1, 0.15) is 36.1 Å². The molecule has 0 unspecified atom stereocenters. The number of hydrogen-bond acceptors (Lipinski definition) is 7. The van der Waals surface area contributed by atoms with Crippen LogP contribution >= 0.6 is 0 Å². The van der Waals surface area contributed by atoms with Crippen molar-refractivity contribution in [3.05, 3.63) is 53.6 Å². The molecule has 17 heteroatoms. The minimum absolute atomic E-state index is 0.0165. The normalized spacial score (nSPS) is 22.7. The van der Waals surface area contributed by atoms with Crippen LogP contribution in [-0.2, 0) is 32.1 Å². The molecule has 2 saturated heterocycles. The fourth-order valence-electron chi connectivity index (χ4n) is 8.79. The predicted octanol–water partition coefficient (Wildman–Crippen LogP) is 4.52. The van der Waals surface area contributed by atoms with Crippen LogP contribution in [0.15, 0.2) is 36.4 Å². The number of nitrogens with one attached hydrogen (secondary N) is 5. The second-order valence-electron chi connectivity index (χ2n) is 18.2. The van der Waals surface area contributed by atoms with Crippen LogP contribution in [0.1, 0.15) is 65.9 Å². The molecule has 4 aromatic rings. The maximum absolute atomic E-state index is 15.6. The van der Waals surface area contributed by atoms with Gasteiger partial charge in [-0.3, -0.25) is 19.2 Å². The summed E-state index contributed by atoms with van der Waals surface area (Å²) in [5.74, 6) is -2.35. The third-order valence-corrected chi connectivity index (χ3v) is 12.6. The highest BCUT2D eigenvalue weighted by atomic mass is 19.1. The maximum atomic E-state index is 15.6. The van der Waals surface area contributed by atoms with Crippen molar-refractivity contribution in [1.82, 2.24) is 45.6 Å². The van der Waals surface area contributed by atoms with Crippen molar-refractivity contribution in [2.24, 2.45) is 11.3 Å². The summed E-state index contributed by atoms with van der Waals surface area (Å²) in [5.41, 5.74) is 1.46. The van der Waals surface area contributed by atoms with E-state index in [1.165, 1.54) is 34.1 Å². The number of alkyl halides is 2. The molecular weight excluding hydrogens is 795 g/mol. The number of halogens is 4. The van der Waals surface area contributed by atoms with E-state index in [0.717, 1.165) is 12.8 Å². The monoisotopic (exact) mass is 851 g/mol. The first-order chi connectivity index (χ1) is 28.9. The summed E-state index contributed by atoms with van der Waals surface area (Å²) in [4.78, 5) is 65.9. The number of H-pyrrole nitrogens is 1. The lowest BCUT2D eigenvalue weighted by molar-refractivity contribution is -0.140. The number of aromatic amines is 1. The van der Waals surface area contributed by atoms with Crippen LogP contribution in [0.3, 0.4) is 0 Å². The fourth-order valence-corrected chi connectivity index (χ4v) is 8.79. The molecule has 2 aromatic heterocycles. The number of nitrogens with zero attached hydrogens (tertiary/aromatic N) is 4. The maximum Gasteiger partial charge on any atom is 0.246 e. The lowest BCUT2D eigenvalue weighted by Crippen LogP contribution is -2.58. The number of likely N-dealkylation sites (N-methyl/N-ethyl adjacent to an activating group) is 2. The van der Waals surface area contributed by atoms with E-state index in [2.05, 4.69) is 26.3 Å². The molecule has 3 aliphatic rings. The lowest BCUT2D eigenvalue weighted by Gasteiger charge is -2.36. The SMILES string of the molecule is CN[C@@H](C)C(=O)N[C@H](C(=O)N1C[C@@H](F)C[C@H]1Cc1c(-c2nc3cc(F)ccc3n2C[C@@H]2C[C@H](F)CN2C(=O)[C@@H](NC(=O)[C@H](C)NC)C(C)(C)C)[nH]c2cc(F)ccc12)C1CC1. The summed E-state index contributed by atoms with van der Waals surface area (Å²) < 4.78 is 62.5. The Morgan fingerprint density at radius 3 is 2.05 bits per heavy atom. The van der Waals surface area contributed by atoms with Crippen LogP contribution in [0.4, 0.5) is 17.6 Å². The average molecular weight is 852 g/mol. The molecule has 0 radical (unpaired) electrons. The molecule has 330 valence electrons. The van der Waals surface area contributed by atoms with E-state index >= 15 is 8.78 Å². The number of carbonyl (C=O) groups excluding carboxylic acids is 4. The van der Waals surface area contributed by atoms with E-state index in [1.54, 1.807) is 44.6 Å². The molecule has 4 heterocycles. The number of amides is 4. The fraction of sp³-hybridized carbons (Fsp3) is 0.568. The molecule has 7 rings (SSSR count). The van der Waals surface area contributed by atoms with Crippen LogP contribution in [0.5, 0.6) is 0 Å². The Morgan fingerprint density at radius 1 is 0.836 bits per heavy atom. The van der Waals surface area contributed by atoms with Crippen molar-refractivity contribution in [1.29, 1.82) is 0 Å². The van der Waals surface area contributed by atoms with Crippen LogP contribution in [0.2, 0.25) is 0 Å². The quantitative estimate of drug-likeness (QED) is 0.117. The summed E-state index contributed by atoms with van der Waals surface area (Å²) in [6.07, 6.45) is -1.06. The molecule has 61 heavy (non-hydrogen) atoms. The number of carbonyl (C=O) groups is 4. The van der Waals surface area contributed by atoms with Crippen molar-refractivity contribution < 1.29 is 36.7 Å². The van der Waals surface area contributed by atoms with Crippen molar-refractivity contribution in [3.63, 3.8) is 0 Å². The zero-order valence-electron chi connectivity index (χ0n) is 35.8. The molecule has 2 aromatic carbocycles. The molecule has 0 bridgehead atoms. The highest BCUT2D eigenvalue weighted by Crippen LogP contribution is 2.39. The Labute approximate surface area is 352 Å². The first-order valence-electron chi connectivity index (χ1n) is 21.2. The van der Waals surface area contributed by atoms with Crippen LogP contribution in [-0.4, -0.2) is 124 Å². The molecule has 0 spiro atoms. The van der Waals surface area contributed by atoms with Gasteiger partial charge >= 0.3 is 0 Å². The van der Waals surface area contributed by atoms with Gasteiger partial charge < -0.3 is 40.6 Å². The van der Waals surface area contributed by atoms with Gasteiger partial charge in [-0.05, 0) is 94.4 Å². The zero-order chi connectivity index (χ0) is 44.1. The molecule has 1 aliphatic carbocycles. The third kappa shape index (κ3) is 9.13. The topological polar surface area (TPSA) is 156 Å². The lowest BCUT2D eigenvalue weighted by atomic mass is 9.85. The molecule has 5 N–H and O–H groups in total. The summed E-state index contributed by atoms with van der Waals surface area (Å²) in [6, 6.07) is 4.06. The van der Waals surface area contributed by atoms with Crippen LogP contribution in [0, 0.1) is 23.0 Å². The Hall–Kier alpha value is -5.03. The zero-order valence-corrected chi connectivity index (χ0v) is 35.8. The smallest absolute Gasteiger partial charge is 0.246 e. The summed E-state index contributed by atoms with van der Waals surface area (Å²) >= 11 is 0. The van der Waals surface area contributed by atoms with E-state index < -0.39 is 71.6 Å². The number of likely N-dealkylation sites (tertiary alicyclic amines) is 2. The minimum Gasteiger partial charge on any atom is -0.352 e. The van der Waals surface area contributed by atoms with E-state index in [1.807, 2.05) is 20.8 Å². The van der Waals surface area contributed by atoms with Crippen molar-refractivity contribution in [2.45, 2.75) is 122 Å². The van der Waals surface area contributed by atoms with Gasteiger partial charge in [0.2, 0.25) is 23.6 Å². The second-order valence-corrected chi connectivity index (χ2v) is 18.2. The predicted molar refractivity (Wildman–Crippen MR) is 224 cm³/mol. The largest absolute Gasteiger partial charge is 0.352 e. The highest BCUT2D eigenvalue weighted by Gasteiger charge is 2.46. The van der Waals surface area contributed by atoms with E-state index in [-0.39, 0.29) is 68.1 Å². The second kappa shape index (κ2) is 17.4. The number of imidazole rings is 1. The molecule has 1 saturated carbocycles. The Balaban J connectivity index is 1.28. The number of rotatable bonds is 14. The first kappa shape index (κ1) is 44.0. The molecule has 13 nitrogen and oxygen atoms in total. The molecular formula is C44H57F4N9O4. The highest BCUT2D eigenvalue weighted by molar-refractivity contribution is 5.93. The Bertz CT molecular complexity index is 2300.